The van der Waals surface area contributed by atoms with E-state index in [9.17, 15) is 9.90 Å². The molecule has 1 aliphatic heterocycles. The lowest BCUT2D eigenvalue weighted by atomic mass is 9.97. The van der Waals surface area contributed by atoms with E-state index in [1.165, 1.54) is 0 Å². The maximum atomic E-state index is 12.5. The Bertz CT molecular complexity index is 657. The smallest absolute Gasteiger partial charge is 0.255 e. The van der Waals surface area contributed by atoms with Crippen LogP contribution in [0, 0.1) is 5.92 Å². The van der Waals surface area contributed by atoms with Crippen molar-refractivity contribution in [3.8, 4) is 5.82 Å². The molecular formula is C17H22N4O2. The highest BCUT2D eigenvalue weighted by Gasteiger charge is 2.23. The van der Waals surface area contributed by atoms with Crippen molar-refractivity contribution in [2.24, 2.45) is 5.92 Å². The van der Waals surface area contributed by atoms with Crippen LogP contribution in [0.1, 0.15) is 35.9 Å². The second-order valence-corrected chi connectivity index (χ2v) is 5.89. The van der Waals surface area contributed by atoms with Crippen molar-refractivity contribution in [1.82, 2.24) is 19.4 Å². The van der Waals surface area contributed by atoms with Gasteiger partial charge in [0.25, 0.3) is 5.91 Å². The first kappa shape index (κ1) is 15.7. The quantitative estimate of drug-likeness (QED) is 0.932. The van der Waals surface area contributed by atoms with Gasteiger partial charge in [-0.05, 0) is 30.9 Å². The summed E-state index contributed by atoms with van der Waals surface area (Å²) in [6.45, 7) is 3.66. The fraction of sp³-hybridized carbons (Fsp3) is 0.471. The number of pyridine rings is 1. The predicted molar refractivity (Wildman–Crippen MR) is 86.5 cm³/mol. The van der Waals surface area contributed by atoms with E-state index in [4.69, 9.17) is 0 Å². The van der Waals surface area contributed by atoms with Gasteiger partial charge in [-0.3, -0.25) is 9.36 Å². The standard InChI is InChI=1S/C17H22N4O2/c1-2-15-18-7-10-21(15)16-4-3-14(11-19-16)17(23)20-8-5-13(12-22)6-9-20/h3-4,7,10-11,13,22H,2,5-6,8-9,12H2,1H3. The summed E-state index contributed by atoms with van der Waals surface area (Å²) in [6, 6.07) is 3.68. The van der Waals surface area contributed by atoms with Gasteiger partial charge >= 0.3 is 0 Å². The third kappa shape index (κ3) is 3.27. The maximum absolute atomic E-state index is 12.5. The fourth-order valence-electron chi connectivity index (χ4n) is 2.96. The monoisotopic (exact) mass is 314 g/mol. The number of amides is 1. The molecule has 1 saturated heterocycles. The lowest BCUT2D eigenvalue weighted by Gasteiger charge is -2.31. The highest BCUT2D eigenvalue weighted by molar-refractivity contribution is 5.94. The van der Waals surface area contributed by atoms with E-state index in [1.54, 1.807) is 12.4 Å². The van der Waals surface area contributed by atoms with Crippen molar-refractivity contribution >= 4 is 5.91 Å². The molecule has 1 aliphatic rings. The van der Waals surface area contributed by atoms with Crippen LogP contribution in [0.3, 0.4) is 0 Å². The summed E-state index contributed by atoms with van der Waals surface area (Å²) in [5.74, 6) is 2.06. The number of imidazole rings is 1. The third-order valence-corrected chi connectivity index (χ3v) is 4.44. The van der Waals surface area contributed by atoms with Gasteiger partial charge in [0.15, 0.2) is 0 Å². The number of aliphatic hydroxyl groups excluding tert-OH is 1. The van der Waals surface area contributed by atoms with Crippen LogP contribution >= 0.6 is 0 Å². The van der Waals surface area contributed by atoms with E-state index in [-0.39, 0.29) is 12.5 Å². The van der Waals surface area contributed by atoms with Crippen LogP contribution in [0.25, 0.3) is 5.82 Å². The molecule has 0 bridgehead atoms. The molecule has 0 unspecified atom stereocenters. The van der Waals surface area contributed by atoms with Crippen molar-refractivity contribution in [3.63, 3.8) is 0 Å². The van der Waals surface area contributed by atoms with Gasteiger partial charge in [-0.2, -0.15) is 0 Å². The van der Waals surface area contributed by atoms with E-state index in [0.717, 1.165) is 30.9 Å². The molecule has 0 radical (unpaired) electrons. The van der Waals surface area contributed by atoms with E-state index < -0.39 is 0 Å². The molecule has 2 aromatic heterocycles. The number of piperidine rings is 1. The molecule has 1 N–H and O–H groups in total. The largest absolute Gasteiger partial charge is 0.396 e. The zero-order valence-electron chi connectivity index (χ0n) is 13.4. The Hall–Kier alpha value is -2.21. The number of nitrogens with zero attached hydrogens (tertiary/aromatic N) is 4. The van der Waals surface area contributed by atoms with Crippen LogP contribution in [0.4, 0.5) is 0 Å². The number of aliphatic hydroxyl groups is 1. The Morgan fingerprint density at radius 1 is 1.30 bits per heavy atom. The van der Waals surface area contributed by atoms with Gasteiger partial charge < -0.3 is 10.0 Å². The fourth-order valence-corrected chi connectivity index (χ4v) is 2.96. The second kappa shape index (κ2) is 6.91. The zero-order chi connectivity index (χ0) is 16.2. The molecule has 6 nitrogen and oxygen atoms in total. The van der Waals surface area contributed by atoms with E-state index in [0.29, 0.717) is 24.6 Å². The molecule has 0 saturated carbocycles. The van der Waals surface area contributed by atoms with Crippen molar-refractivity contribution in [1.29, 1.82) is 0 Å². The summed E-state index contributed by atoms with van der Waals surface area (Å²) < 4.78 is 1.93. The van der Waals surface area contributed by atoms with Crippen molar-refractivity contribution < 1.29 is 9.90 Å². The molecule has 1 amide bonds. The molecule has 0 aliphatic carbocycles. The number of carbonyl (C=O) groups is 1. The average molecular weight is 314 g/mol. The Labute approximate surface area is 135 Å². The molecule has 23 heavy (non-hydrogen) atoms. The summed E-state index contributed by atoms with van der Waals surface area (Å²) in [6.07, 6.45) is 7.82. The zero-order valence-corrected chi connectivity index (χ0v) is 13.4. The summed E-state index contributed by atoms with van der Waals surface area (Å²) in [5, 5.41) is 9.18. The number of carbonyl (C=O) groups excluding carboxylic acids is 1. The number of aryl methyl sites for hydroxylation is 1. The van der Waals surface area contributed by atoms with Crippen LogP contribution in [0.15, 0.2) is 30.7 Å². The SMILES string of the molecule is CCc1nccn1-c1ccc(C(=O)N2CCC(CO)CC2)cn1. The van der Waals surface area contributed by atoms with Gasteiger partial charge in [-0.25, -0.2) is 9.97 Å². The molecule has 3 heterocycles. The van der Waals surface area contributed by atoms with E-state index >= 15 is 0 Å². The highest BCUT2D eigenvalue weighted by Crippen LogP contribution is 2.18. The molecule has 0 spiro atoms. The van der Waals surface area contributed by atoms with Gasteiger partial charge in [-0.1, -0.05) is 6.92 Å². The summed E-state index contributed by atoms with van der Waals surface area (Å²) in [5.41, 5.74) is 0.606. The van der Waals surface area contributed by atoms with Gasteiger partial charge in [0, 0.05) is 44.7 Å². The van der Waals surface area contributed by atoms with E-state index in [2.05, 4.69) is 9.97 Å². The molecule has 0 atom stereocenters. The number of aromatic nitrogens is 3. The normalized spacial score (nSPS) is 15.8. The van der Waals surface area contributed by atoms with Crippen molar-refractivity contribution in [3.05, 3.63) is 42.1 Å². The molecule has 0 aromatic carbocycles. The Balaban J connectivity index is 1.71. The van der Waals surface area contributed by atoms with Gasteiger partial charge in [0.1, 0.15) is 11.6 Å². The lowest BCUT2D eigenvalue weighted by molar-refractivity contribution is 0.0650. The Morgan fingerprint density at radius 3 is 2.70 bits per heavy atom. The van der Waals surface area contributed by atoms with Crippen LogP contribution in [0.5, 0.6) is 0 Å². The third-order valence-electron chi connectivity index (χ3n) is 4.44. The lowest BCUT2D eigenvalue weighted by Crippen LogP contribution is -2.39. The van der Waals surface area contributed by atoms with Crippen molar-refractivity contribution in [2.45, 2.75) is 26.2 Å². The van der Waals surface area contributed by atoms with Gasteiger partial charge in [0.2, 0.25) is 0 Å². The molecule has 2 aromatic rings. The Morgan fingerprint density at radius 2 is 2.09 bits per heavy atom. The van der Waals surface area contributed by atoms with Gasteiger partial charge in [-0.15, -0.1) is 0 Å². The predicted octanol–water partition coefficient (Wildman–Crippen LogP) is 1.67. The minimum absolute atomic E-state index is 0.0155. The van der Waals surface area contributed by atoms with Crippen molar-refractivity contribution in [2.75, 3.05) is 19.7 Å². The minimum atomic E-state index is 0.0155. The number of hydrogen-bond acceptors (Lipinski definition) is 4. The number of hydrogen-bond donors (Lipinski definition) is 1. The highest BCUT2D eigenvalue weighted by atomic mass is 16.3. The first-order valence-corrected chi connectivity index (χ1v) is 8.11. The molecule has 1 fully saturated rings. The summed E-state index contributed by atoms with van der Waals surface area (Å²) in [4.78, 5) is 23.1. The van der Waals surface area contributed by atoms with E-state index in [1.807, 2.05) is 34.7 Å². The molecule has 3 rings (SSSR count). The van der Waals surface area contributed by atoms with Gasteiger partial charge in [0.05, 0.1) is 5.56 Å². The second-order valence-electron chi connectivity index (χ2n) is 5.89. The first-order chi connectivity index (χ1) is 11.2. The first-order valence-electron chi connectivity index (χ1n) is 8.11. The number of rotatable bonds is 4. The number of likely N-dealkylation sites (tertiary alicyclic amines) is 1. The topological polar surface area (TPSA) is 71.2 Å². The minimum Gasteiger partial charge on any atom is -0.396 e. The van der Waals surface area contributed by atoms with Crippen LogP contribution in [-0.4, -0.2) is 50.1 Å². The van der Waals surface area contributed by atoms with Crippen LogP contribution in [0.2, 0.25) is 0 Å². The van der Waals surface area contributed by atoms with Crippen LogP contribution in [-0.2, 0) is 6.42 Å². The van der Waals surface area contributed by atoms with Crippen LogP contribution < -0.4 is 0 Å². The summed E-state index contributed by atoms with van der Waals surface area (Å²) in [7, 11) is 0. The molecular weight excluding hydrogens is 292 g/mol. The summed E-state index contributed by atoms with van der Waals surface area (Å²) >= 11 is 0. The average Bonchev–Trinajstić information content (AvgIpc) is 3.10. The molecule has 6 heteroatoms. The Kier molecular flexibility index (Phi) is 4.71. The maximum Gasteiger partial charge on any atom is 0.255 e. The molecule has 122 valence electrons.